The summed E-state index contributed by atoms with van der Waals surface area (Å²) in [5.74, 6) is 0.840. The van der Waals surface area contributed by atoms with Crippen LogP contribution in [0.1, 0.15) is 57.6 Å². The van der Waals surface area contributed by atoms with Gasteiger partial charge in [-0.2, -0.15) is 0 Å². The lowest BCUT2D eigenvalue weighted by molar-refractivity contribution is 0.380. The summed E-state index contributed by atoms with van der Waals surface area (Å²) in [5.41, 5.74) is 8.78. The highest BCUT2D eigenvalue weighted by Gasteiger charge is 2.17. The van der Waals surface area contributed by atoms with Crippen LogP contribution in [0.15, 0.2) is 18.2 Å². The van der Waals surface area contributed by atoms with E-state index in [1.807, 2.05) is 23.7 Å². The van der Waals surface area contributed by atoms with Crippen LogP contribution in [-0.4, -0.2) is 20.2 Å². The molecular weight excluding hydrogens is 262 g/mol. The highest BCUT2D eigenvalue weighted by atomic mass is 15.5. The van der Waals surface area contributed by atoms with Gasteiger partial charge in [-0.3, -0.25) is 0 Å². The molecule has 1 aromatic heterocycles. The van der Waals surface area contributed by atoms with E-state index in [0.717, 1.165) is 41.9 Å². The van der Waals surface area contributed by atoms with Gasteiger partial charge in [0.05, 0.1) is 6.04 Å². The number of aromatic nitrogens is 4. The van der Waals surface area contributed by atoms with Crippen LogP contribution in [0.3, 0.4) is 0 Å². The summed E-state index contributed by atoms with van der Waals surface area (Å²) in [6.45, 7) is 6.43. The lowest BCUT2D eigenvalue weighted by Crippen LogP contribution is -2.12. The largest absolute Gasteiger partial charge is 0.399 e. The molecule has 2 aromatic rings. The molecule has 0 saturated heterocycles. The number of unbranched alkanes of at least 4 members (excludes halogenated alkanes) is 1. The van der Waals surface area contributed by atoms with Gasteiger partial charge in [0.2, 0.25) is 0 Å². The number of tetrazole rings is 1. The van der Waals surface area contributed by atoms with Gasteiger partial charge in [0, 0.05) is 11.3 Å². The van der Waals surface area contributed by atoms with E-state index in [2.05, 4.69) is 35.4 Å². The molecule has 5 heteroatoms. The molecule has 1 aromatic carbocycles. The van der Waals surface area contributed by atoms with Crippen molar-refractivity contribution in [2.45, 2.75) is 58.9 Å². The number of aryl methyl sites for hydroxylation is 1. The zero-order valence-electron chi connectivity index (χ0n) is 13.2. The number of rotatable bonds is 7. The maximum absolute atomic E-state index is 5.89. The van der Waals surface area contributed by atoms with Gasteiger partial charge in [0.1, 0.15) is 0 Å². The summed E-state index contributed by atoms with van der Waals surface area (Å²) in [6.07, 6.45) is 5.75. The number of nitrogens with two attached hydrogens (primary N) is 1. The number of nitrogens with zero attached hydrogens (tertiary/aromatic N) is 4. The standard InChI is InChI=1S/C16H25N5/c1-4-6-8-14(7-5-2)21-16(18-19-20-21)13-9-10-15(17)12(3)11-13/h9-11,14H,4-8,17H2,1-3H3. The molecule has 114 valence electrons. The highest BCUT2D eigenvalue weighted by molar-refractivity contribution is 5.61. The van der Waals surface area contributed by atoms with Crippen molar-refractivity contribution in [3.05, 3.63) is 23.8 Å². The second-order valence-corrected chi connectivity index (χ2v) is 5.60. The quantitative estimate of drug-likeness (QED) is 0.787. The van der Waals surface area contributed by atoms with Gasteiger partial charge in [-0.25, -0.2) is 4.68 Å². The smallest absolute Gasteiger partial charge is 0.182 e. The summed E-state index contributed by atoms with van der Waals surface area (Å²) in [7, 11) is 0. The lowest BCUT2D eigenvalue weighted by Gasteiger charge is -2.17. The van der Waals surface area contributed by atoms with Crippen LogP contribution in [0.25, 0.3) is 11.4 Å². The Hall–Kier alpha value is -1.91. The van der Waals surface area contributed by atoms with Crippen molar-refractivity contribution in [1.29, 1.82) is 0 Å². The van der Waals surface area contributed by atoms with E-state index in [4.69, 9.17) is 5.73 Å². The third-order valence-electron chi connectivity index (χ3n) is 3.88. The number of benzene rings is 1. The minimum atomic E-state index is 0.373. The van der Waals surface area contributed by atoms with Crippen LogP contribution < -0.4 is 5.73 Å². The van der Waals surface area contributed by atoms with Gasteiger partial charge in [0.25, 0.3) is 0 Å². The Labute approximate surface area is 126 Å². The monoisotopic (exact) mass is 287 g/mol. The Morgan fingerprint density at radius 1 is 1.19 bits per heavy atom. The SMILES string of the molecule is CCCCC(CCC)n1nnnc1-c1ccc(N)c(C)c1. The fraction of sp³-hybridized carbons (Fsp3) is 0.562. The van der Waals surface area contributed by atoms with Gasteiger partial charge in [0.15, 0.2) is 5.82 Å². The van der Waals surface area contributed by atoms with Gasteiger partial charge in [-0.05, 0) is 54.0 Å². The normalized spacial score (nSPS) is 12.5. The van der Waals surface area contributed by atoms with Crippen LogP contribution in [0.5, 0.6) is 0 Å². The third kappa shape index (κ3) is 3.60. The maximum atomic E-state index is 5.89. The molecule has 1 atom stereocenters. The van der Waals surface area contributed by atoms with Crippen molar-refractivity contribution in [3.8, 4) is 11.4 Å². The zero-order chi connectivity index (χ0) is 15.2. The summed E-state index contributed by atoms with van der Waals surface area (Å²) in [6, 6.07) is 6.34. The third-order valence-corrected chi connectivity index (χ3v) is 3.88. The van der Waals surface area contributed by atoms with Gasteiger partial charge in [-0.15, -0.1) is 5.10 Å². The molecule has 0 spiro atoms. The van der Waals surface area contributed by atoms with E-state index < -0.39 is 0 Å². The van der Waals surface area contributed by atoms with E-state index >= 15 is 0 Å². The van der Waals surface area contributed by atoms with Crippen LogP contribution in [0.4, 0.5) is 5.69 Å². The first kappa shape index (κ1) is 15.5. The number of nitrogen functional groups attached to an aromatic ring is 1. The molecule has 21 heavy (non-hydrogen) atoms. The van der Waals surface area contributed by atoms with Gasteiger partial charge >= 0.3 is 0 Å². The first-order valence-corrected chi connectivity index (χ1v) is 7.81. The van der Waals surface area contributed by atoms with Crippen molar-refractivity contribution < 1.29 is 0 Å². The first-order valence-electron chi connectivity index (χ1n) is 7.81. The molecule has 0 aliphatic carbocycles. The summed E-state index contributed by atoms with van der Waals surface area (Å²) >= 11 is 0. The van der Waals surface area contributed by atoms with Crippen molar-refractivity contribution in [3.63, 3.8) is 0 Å². The van der Waals surface area contributed by atoms with Crippen molar-refractivity contribution >= 4 is 5.69 Å². The molecule has 2 N–H and O–H groups in total. The van der Waals surface area contributed by atoms with Crippen LogP contribution >= 0.6 is 0 Å². The molecule has 0 radical (unpaired) electrons. The fourth-order valence-corrected chi connectivity index (χ4v) is 2.61. The average Bonchev–Trinajstić information content (AvgIpc) is 2.95. The average molecular weight is 287 g/mol. The predicted molar refractivity (Wildman–Crippen MR) is 85.9 cm³/mol. The topological polar surface area (TPSA) is 69.6 Å². The van der Waals surface area contributed by atoms with E-state index in [0.29, 0.717) is 6.04 Å². The molecule has 0 fully saturated rings. The second-order valence-electron chi connectivity index (χ2n) is 5.60. The molecule has 0 amide bonds. The van der Waals surface area contributed by atoms with Crippen molar-refractivity contribution in [2.75, 3.05) is 5.73 Å². The highest BCUT2D eigenvalue weighted by Crippen LogP contribution is 2.27. The molecule has 0 bridgehead atoms. The Morgan fingerprint density at radius 2 is 2.00 bits per heavy atom. The Balaban J connectivity index is 2.33. The van der Waals surface area contributed by atoms with E-state index in [1.165, 1.54) is 12.8 Å². The zero-order valence-corrected chi connectivity index (χ0v) is 13.2. The van der Waals surface area contributed by atoms with Gasteiger partial charge in [-0.1, -0.05) is 33.1 Å². The maximum Gasteiger partial charge on any atom is 0.182 e. The summed E-state index contributed by atoms with van der Waals surface area (Å²) < 4.78 is 1.99. The fourth-order valence-electron chi connectivity index (χ4n) is 2.61. The van der Waals surface area contributed by atoms with Crippen molar-refractivity contribution in [1.82, 2.24) is 20.2 Å². The molecule has 1 heterocycles. The van der Waals surface area contributed by atoms with Crippen LogP contribution in [0, 0.1) is 6.92 Å². The Bertz CT molecular complexity index is 576. The predicted octanol–water partition coefficient (Wildman–Crippen LogP) is 3.76. The Morgan fingerprint density at radius 3 is 2.67 bits per heavy atom. The van der Waals surface area contributed by atoms with Crippen molar-refractivity contribution in [2.24, 2.45) is 0 Å². The molecule has 5 nitrogen and oxygen atoms in total. The van der Waals surface area contributed by atoms with Crippen LogP contribution in [-0.2, 0) is 0 Å². The molecule has 0 aliphatic heterocycles. The molecule has 0 saturated carbocycles. The lowest BCUT2D eigenvalue weighted by atomic mass is 10.0. The number of hydrogen-bond acceptors (Lipinski definition) is 4. The van der Waals surface area contributed by atoms with E-state index in [1.54, 1.807) is 0 Å². The van der Waals surface area contributed by atoms with E-state index in [9.17, 15) is 0 Å². The van der Waals surface area contributed by atoms with E-state index in [-0.39, 0.29) is 0 Å². The molecule has 0 aliphatic rings. The minimum Gasteiger partial charge on any atom is -0.399 e. The molecular formula is C16H25N5. The number of hydrogen-bond donors (Lipinski definition) is 1. The molecule has 2 rings (SSSR count). The number of anilines is 1. The minimum absolute atomic E-state index is 0.373. The second kappa shape index (κ2) is 7.20. The Kier molecular flexibility index (Phi) is 5.31. The summed E-state index contributed by atoms with van der Waals surface area (Å²) in [4.78, 5) is 0. The van der Waals surface area contributed by atoms with Gasteiger partial charge < -0.3 is 5.73 Å². The van der Waals surface area contributed by atoms with Crippen LogP contribution in [0.2, 0.25) is 0 Å². The first-order chi connectivity index (χ1) is 10.2. The molecule has 1 unspecified atom stereocenters. The summed E-state index contributed by atoms with van der Waals surface area (Å²) in [5, 5.41) is 12.4.